The molecule has 0 aromatic heterocycles. The number of hydrogen-bond donors (Lipinski definition) is 0. The van der Waals surface area contributed by atoms with Gasteiger partial charge < -0.3 is 4.84 Å². The summed E-state index contributed by atoms with van der Waals surface area (Å²) in [5.41, 5.74) is 0.502. The topological polar surface area (TPSA) is 81.8 Å². The van der Waals surface area contributed by atoms with Crippen molar-refractivity contribution in [3.8, 4) is 0 Å². The fourth-order valence-electron chi connectivity index (χ4n) is 2.01. The maximum atomic E-state index is 11.8. The summed E-state index contributed by atoms with van der Waals surface area (Å²) in [6.45, 7) is 0. The van der Waals surface area contributed by atoms with Gasteiger partial charge in [0.15, 0.2) is 0 Å². The smallest absolute Gasteiger partial charge is 0.313 e. The Morgan fingerprint density at radius 1 is 1.21 bits per heavy atom. The number of carbonyl (C=O) groups is 1. The van der Waals surface area contributed by atoms with Gasteiger partial charge in [0.1, 0.15) is 5.56 Å². The van der Waals surface area contributed by atoms with E-state index in [0.29, 0.717) is 0 Å². The number of rotatable bonds is 3. The number of carbonyl (C=O) groups excluding carboxylic acids is 1. The Hall–Kier alpha value is -2.24. The van der Waals surface area contributed by atoms with Gasteiger partial charge in [-0.3, -0.25) is 10.1 Å². The van der Waals surface area contributed by atoms with Crippen molar-refractivity contribution in [2.24, 2.45) is 5.16 Å². The molecule has 1 fully saturated rings. The van der Waals surface area contributed by atoms with E-state index in [0.717, 1.165) is 37.8 Å². The summed E-state index contributed by atoms with van der Waals surface area (Å²) in [6, 6.07) is 5.69. The van der Waals surface area contributed by atoms with Gasteiger partial charge in [0.05, 0.1) is 10.6 Å². The van der Waals surface area contributed by atoms with Crippen LogP contribution in [0.1, 0.15) is 42.5 Å². The van der Waals surface area contributed by atoms with Crippen LogP contribution < -0.4 is 0 Å². The van der Waals surface area contributed by atoms with E-state index in [4.69, 9.17) is 4.84 Å². The highest BCUT2D eigenvalue weighted by Gasteiger charge is 2.21. The van der Waals surface area contributed by atoms with Crippen molar-refractivity contribution in [3.63, 3.8) is 0 Å². The first kappa shape index (κ1) is 13.2. The predicted molar refractivity (Wildman–Crippen MR) is 69.0 cm³/mol. The zero-order valence-electron chi connectivity index (χ0n) is 10.4. The summed E-state index contributed by atoms with van der Waals surface area (Å²) < 4.78 is 0. The van der Waals surface area contributed by atoms with E-state index in [9.17, 15) is 14.9 Å². The van der Waals surface area contributed by atoms with Crippen LogP contribution in [0.2, 0.25) is 0 Å². The Bertz CT molecular complexity index is 517. The highest BCUT2D eigenvalue weighted by molar-refractivity contribution is 5.94. The van der Waals surface area contributed by atoms with Crippen molar-refractivity contribution in [1.82, 2.24) is 0 Å². The first-order valence-corrected chi connectivity index (χ1v) is 6.19. The van der Waals surface area contributed by atoms with Crippen molar-refractivity contribution in [2.75, 3.05) is 0 Å². The zero-order chi connectivity index (χ0) is 13.7. The molecule has 0 saturated heterocycles. The fourth-order valence-corrected chi connectivity index (χ4v) is 2.01. The van der Waals surface area contributed by atoms with Crippen LogP contribution in [0.5, 0.6) is 0 Å². The quantitative estimate of drug-likeness (QED) is 0.476. The predicted octanol–water partition coefficient (Wildman–Crippen LogP) is 3.07. The van der Waals surface area contributed by atoms with Gasteiger partial charge in [-0.25, -0.2) is 4.79 Å². The summed E-state index contributed by atoms with van der Waals surface area (Å²) in [5, 5.41) is 14.6. The lowest BCUT2D eigenvalue weighted by atomic mass is 9.99. The molecule has 6 nitrogen and oxygen atoms in total. The molecular weight excluding hydrogens is 248 g/mol. The van der Waals surface area contributed by atoms with Crippen LogP contribution in [-0.2, 0) is 4.84 Å². The number of nitrogens with zero attached hydrogens (tertiary/aromatic N) is 2. The van der Waals surface area contributed by atoms with Crippen molar-refractivity contribution in [3.05, 3.63) is 39.9 Å². The van der Waals surface area contributed by atoms with Gasteiger partial charge in [0, 0.05) is 6.07 Å². The standard InChI is InChI=1S/C13H14N2O4/c16-13(19-14-10-6-2-1-3-7-10)11-8-4-5-9-12(11)15(17)18/h4-5,8-9H,1-3,6-7H2. The third-order valence-corrected chi connectivity index (χ3v) is 3.01. The molecule has 19 heavy (non-hydrogen) atoms. The van der Waals surface area contributed by atoms with Gasteiger partial charge in [-0.1, -0.05) is 23.7 Å². The molecule has 0 spiro atoms. The van der Waals surface area contributed by atoms with Gasteiger partial charge in [-0.05, 0) is 31.7 Å². The van der Waals surface area contributed by atoms with Crippen molar-refractivity contribution < 1.29 is 14.6 Å². The Kier molecular flexibility index (Phi) is 4.22. The average molecular weight is 262 g/mol. The van der Waals surface area contributed by atoms with Crippen molar-refractivity contribution in [1.29, 1.82) is 0 Å². The average Bonchev–Trinajstić information content (AvgIpc) is 2.46. The second kappa shape index (κ2) is 6.08. The Morgan fingerprint density at radius 3 is 2.58 bits per heavy atom. The molecule has 1 aliphatic carbocycles. The van der Waals surface area contributed by atoms with Crippen LogP contribution in [0.15, 0.2) is 29.4 Å². The first-order valence-electron chi connectivity index (χ1n) is 6.19. The fraction of sp³-hybridized carbons (Fsp3) is 0.385. The molecule has 2 rings (SSSR count). The van der Waals surface area contributed by atoms with Gasteiger partial charge in [0.2, 0.25) is 0 Å². The molecule has 0 bridgehead atoms. The molecule has 0 radical (unpaired) electrons. The SMILES string of the molecule is O=C(ON=C1CCCCC1)c1ccccc1[N+](=O)[O-]. The maximum absolute atomic E-state index is 11.8. The number of para-hydroxylation sites is 1. The maximum Gasteiger partial charge on any atom is 0.372 e. The van der Waals surface area contributed by atoms with Crippen LogP contribution in [-0.4, -0.2) is 16.6 Å². The van der Waals surface area contributed by atoms with E-state index >= 15 is 0 Å². The minimum Gasteiger partial charge on any atom is -0.313 e. The molecule has 1 aliphatic rings. The highest BCUT2D eigenvalue weighted by Crippen LogP contribution is 2.19. The molecule has 0 heterocycles. The molecule has 1 aromatic rings. The van der Waals surface area contributed by atoms with E-state index in [-0.39, 0.29) is 11.3 Å². The lowest BCUT2D eigenvalue weighted by Crippen LogP contribution is -2.09. The second-order valence-corrected chi connectivity index (χ2v) is 4.37. The largest absolute Gasteiger partial charge is 0.372 e. The summed E-state index contributed by atoms with van der Waals surface area (Å²) in [7, 11) is 0. The van der Waals surface area contributed by atoms with E-state index in [1.54, 1.807) is 6.07 Å². The normalized spacial score (nSPS) is 14.8. The van der Waals surface area contributed by atoms with E-state index in [1.807, 2.05) is 0 Å². The number of oxime groups is 1. The van der Waals surface area contributed by atoms with Crippen LogP contribution in [0, 0.1) is 10.1 Å². The summed E-state index contributed by atoms with van der Waals surface area (Å²) in [5.74, 6) is -0.787. The lowest BCUT2D eigenvalue weighted by Gasteiger charge is -2.10. The number of nitro benzene ring substituents is 1. The molecule has 1 aromatic carbocycles. The molecule has 6 heteroatoms. The van der Waals surface area contributed by atoms with E-state index in [2.05, 4.69) is 5.16 Å². The van der Waals surface area contributed by atoms with Gasteiger partial charge in [0.25, 0.3) is 5.69 Å². The van der Waals surface area contributed by atoms with Crippen LogP contribution in [0.4, 0.5) is 5.69 Å². The summed E-state index contributed by atoms with van der Waals surface area (Å²) in [6.07, 6.45) is 4.90. The Labute approximate surface area is 110 Å². The summed E-state index contributed by atoms with van der Waals surface area (Å²) >= 11 is 0. The second-order valence-electron chi connectivity index (χ2n) is 4.37. The lowest BCUT2D eigenvalue weighted by molar-refractivity contribution is -0.385. The third-order valence-electron chi connectivity index (χ3n) is 3.01. The molecule has 0 atom stereocenters. The van der Waals surface area contributed by atoms with Crippen LogP contribution in [0.3, 0.4) is 0 Å². The Balaban J connectivity index is 2.09. The number of hydrogen-bond acceptors (Lipinski definition) is 5. The molecule has 1 saturated carbocycles. The van der Waals surface area contributed by atoms with E-state index < -0.39 is 10.9 Å². The van der Waals surface area contributed by atoms with Crippen molar-refractivity contribution in [2.45, 2.75) is 32.1 Å². The van der Waals surface area contributed by atoms with Crippen LogP contribution >= 0.6 is 0 Å². The Morgan fingerprint density at radius 2 is 1.89 bits per heavy atom. The number of benzene rings is 1. The van der Waals surface area contributed by atoms with Crippen molar-refractivity contribution >= 4 is 17.4 Å². The van der Waals surface area contributed by atoms with E-state index in [1.165, 1.54) is 18.2 Å². The minimum absolute atomic E-state index is 0.0762. The van der Waals surface area contributed by atoms with Crippen LogP contribution in [0.25, 0.3) is 0 Å². The van der Waals surface area contributed by atoms with Gasteiger partial charge >= 0.3 is 5.97 Å². The first-order chi connectivity index (χ1) is 9.18. The third kappa shape index (κ3) is 3.37. The molecule has 0 N–H and O–H groups in total. The van der Waals surface area contributed by atoms with Gasteiger partial charge in [-0.2, -0.15) is 0 Å². The molecule has 100 valence electrons. The molecule has 0 amide bonds. The molecular formula is C13H14N2O4. The molecule has 0 aliphatic heterocycles. The number of nitro groups is 1. The zero-order valence-corrected chi connectivity index (χ0v) is 10.4. The minimum atomic E-state index is -0.787. The molecule has 0 unspecified atom stereocenters. The monoisotopic (exact) mass is 262 g/mol. The van der Waals surface area contributed by atoms with Gasteiger partial charge in [-0.15, -0.1) is 0 Å². The highest BCUT2D eigenvalue weighted by atomic mass is 16.7. The summed E-state index contributed by atoms with van der Waals surface area (Å²) in [4.78, 5) is 26.8.